The molecule has 0 fully saturated rings. The Labute approximate surface area is 149 Å². The monoisotopic (exact) mass is 374 g/mol. The van der Waals surface area contributed by atoms with E-state index in [4.69, 9.17) is 0 Å². The Kier molecular flexibility index (Phi) is 4.77. The highest BCUT2D eigenvalue weighted by Gasteiger charge is 2.21. The van der Waals surface area contributed by atoms with Crippen LogP contribution in [-0.2, 0) is 10.0 Å². The van der Waals surface area contributed by atoms with Crippen molar-refractivity contribution in [3.63, 3.8) is 0 Å². The topological polar surface area (TPSA) is 92.3 Å². The first-order valence-corrected chi connectivity index (χ1v) is 9.52. The summed E-state index contributed by atoms with van der Waals surface area (Å²) in [7, 11) is -2.18. The zero-order chi connectivity index (χ0) is 17.9. The SMILES string of the molecule is CN(c1ccc(C(=O)Nc2nncs2)cc1)S(=O)(=O)c1ccccc1. The molecule has 1 aromatic heterocycles. The Bertz CT molecular complexity index is 956. The molecule has 128 valence electrons. The van der Waals surface area contributed by atoms with Crippen LogP contribution in [0.4, 0.5) is 10.8 Å². The predicted molar refractivity (Wildman–Crippen MR) is 96.3 cm³/mol. The third-order valence-electron chi connectivity index (χ3n) is 3.48. The number of carbonyl (C=O) groups excluding carboxylic acids is 1. The van der Waals surface area contributed by atoms with E-state index < -0.39 is 10.0 Å². The number of sulfonamides is 1. The zero-order valence-corrected chi connectivity index (χ0v) is 14.8. The highest BCUT2D eigenvalue weighted by atomic mass is 32.2. The number of carbonyl (C=O) groups is 1. The second-order valence-electron chi connectivity index (χ2n) is 5.03. The normalized spacial score (nSPS) is 11.1. The molecule has 0 saturated carbocycles. The molecule has 0 unspecified atom stereocenters. The minimum absolute atomic E-state index is 0.204. The van der Waals surface area contributed by atoms with E-state index in [1.165, 1.54) is 40.3 Å². The summed E-state index contributed by atoms with van der Waals surface area (Å²) in [6, 6.07) is 14.4. The Morgan fingerprint density at radius 1 is 1.08 bits per heavy atom. The molecule has 0 saturated heterocycles. The van der Waals surface area contributed by atoms with E-state index in [0.29, 0.717) is 16.4 Å². The van der Waals surface area contributed by atoms with Gasteiger partial charge in [0, 0.05) is 12.6 Å². The van der Waals surface area contributed by atoms with Gasteiger partial charge in [-0.15, -0.1) is 10.2 Å². The Morgan fingerprint density at radius 3 is 2.36 bits per heavy atom. The zero-order valence-electron chi connectivity index (χ0n) is 13.2. The van der Waals surface area contributed by atoms with E-state index >= 15 is 0 Å². The summed E-state index contributed by atoms with van der Waals surface area (Å²) in [6.45, 7) is 0. The lowest BCUT2D eigenvalue weighted by molar-refractivity contribution is 0.102. The number of amides is 1. The quantitative estimate of drug-likeness (QED) is 0.741. The van der Waals surface area contributed by atoms with Crippen molar-refractivity contribution in [1.29, 1.82) is 0 Å². The van der Waals surface area contributed by atoms with E-state index in [2.05, 4.69) is 15.5 Å². The number of benzene rings is 2. The van der Waals surface area contributed by atoms with Crippen LogP contribution in [0.2, 0.25) is 0 Å². The fourth-order valence-corrected chi connectivity index (χ4v) is 3.77. The maximum Gasteiger partial charge on any atom is 0.264 e. The smallest absolute Gasteiger partial charge is 0.264 e. The molecular formula is C16H14N4O3S2. The predicted octanol–water partition coefficient (Wildman–Crippen LogP) is 2.62. The fourth-order valence-electron chi connectivity index (χ4n) is 2.11. The lowest BCUT2D eigenvalue weighted by Crippen LogP contribution is -2.26. The maximum atomic E-state index is 12.6. The Hall–Kier alpha value is -2.78. The van der Waals surface area contributed by atoms with Gasteiger partial charge in [-0.05, 0) is 36.4 Å². The van der Waals surface area contributed by atoms with Gasteiger partial charge in [0.05, 0.1) is 10.6 Å². The van der Waals surface area contributed by atoms with Gasteiger partial charge in [0.1, 0.15) is 5.51 Å². The molecule has 0 aliphatic rings. The molecule has 25 heavy (non-hydrogen) atoms. The lowest BCUT2D eigenvalue weighted by atomic mass is 10.2. The summed E-state index contributed by atoms with van der Waals surface area (Å²) in [5.74, 6) is -0.336. The first kappa shape index (κ1) is 17.1. The van der Waals surface area contributed by atoms with E-state index in [0.717, 1.165) is 0 Å². The molecule has 0 bridgehead atoms. The average molecular weight is 374 g/mol. The van der Waals surface area contributed by atoms with Crippen LogP contribution >= 0.6 is 11.3 Å². The summed E-state index contributed by atoms with van der Waals surface area (Å²) < 4.78 is 26.4. The second-order valence-corrected chi connectivity index (χ2v) is 7.83. The molecule has 0 atom stereocenters. The van der Waals surface area contributed by atoms with E-state index in [1.807, 2.05) is 0 Å². The number of nitrogens with one attached hydrogen (secondary N) is 1. The van der Waals surface area contributed by atoms with Crippen LogP contribution in [0.3, 0.4) is 0 Å². The largest absolute Gasteiger partial charge is 0.296 e. The van der Waals surface area contributed by atoms with Gasteiger partial charge in [-0.1, -0.05) is 29.5 Å². The van der Waals surface area contributed by atoms with E-state index in [9.17, 15) is 13.2 Å². The Morgan fingerprint density at radius 2 is 1.76 bits per heavy atom. The molecular weight excluding hydrogens is 360 g/mol. The van der Waals surface area contributed by atoms with Crippen molar-refractivity contribution < 1.29 is 13.2 Å². The summed E-state index contributed by atoms with van der Waals surface area (Å²) in [4.78, 5) is 12.3. The third-order valence-corrected chi connectivity index (χ3v) is 5.88. The van der Waals surface area contributed by atoms with Crippen LogP contribution < -0.4 is 9.62 Å². The van der Waals surface area contributed by atoms with Crippen molar-refractivity contribution in [2.75, 3.05) is 16.7 Å². The number of hydrogen-bond acceptors (Lipinski definition) is 6. The van der Waals surface area contributed by atoms with Gasteiger partial charge in [-0.25, -0.2) is 8.42 Å². The van der Waals surface area contributed by atoms with Crippen molar-refractivity contribution in [2.24, 2.45) is 0 Å². The van der Waals surface area contributed by atoms with Crippen LogP contribution in [0.1, 0.15) is 10.4 Å². The van der Waals surface area contributed by atoms with Gasteiger partial charge in [0.25, 0.3) is 15.9 Å². The molecule has 3 aromatic rings. The first-order chi connectivity index (χ1) is 12.0. The molecule has 2 aromatic carbocycles. The molecule has 0 aliphatic heterocycles. The van der Waals surface area contributed by atoms with Crippen LogP contribution in [0.5, 0.6) is 0 Å². The van der Waals surface area contributed by atoms with Gasteiger partial charge >= 0.3 is 0 Å². The van der Waals surface area contributed by atoms with Crippen molar-refractivity contribution in [3.05, 3.63) is 65.7 Å². The number of anilines is 2. The van der Waals surface area contributed by atoms with Crippen molar-refractivity contribution in [2.45, 2.75) is 4.90 Å². The minimum Gasteiger partial charge on any atom is -0.296 e. The fraction of sp³-hybridized carbons (Fsp3) is 0.0625. The van der Waals surface area contributed by atoms with Crippen LogP contribution in [0.15, 0.2) is 65.0 Å². The van der Waals surface area contributed by atoms with Crippen molar-refractivity contribution in [1.82, 2.24) is 10.2 Å². The van der Waals surface area contributed by atoms with Crippen LogP contribution in [-0.4, -0.2) is 31.6 Å². The lowest BCUT2D eigenvalue weighted by Gasteiger charge is -2.19. The average Bonchev–Trinajstić information content (AvgIpc) is 3.15. The summed E-state index contributed by atoms with van der Waals surface area (Å²) in [5, 5.41) is 10.4. The third kappa shape index (κ3) is 3.67. The first-order valence-electron chi connectivity index (χ1n) is 7.20. The number of rotatable bonds is 5. The van der Waals surface area contributed by atoms with Crippen molar-refractivity contribution >= 4 is 38.1 Å². The van der Waals surface area contributed by atoms with E-state index in [1.54, 1.807) is 42.5 Å². The standard InChI is InChI=1S/C16H14N4O3S2/c1-20(25(22,23)14-5-3-2-4-6-14)13-9-7-12(8-10-13)15(21)18-16-19-17-11-24-16/h2-11H,1H3,(H,18,19,21). The Balaban J connectivity index is 1.79. The highest BCUT2D eigenvalue weighted by Crippen LogP contribution is 2.22. The summed E-state index contributed by atoms with van der Waals surface area (Å²) >= 11 is 1.21. The van der Waals surface area contributed by atoms with Crippen molar-refractivity contribution in [3.8, 4) is 0 Å². The number of aromatic nitrogens is 2. The summed E-state index contributed by atoms with van der Waals surface area (Å²) in [6.07, 6.45) is 0. The second kappa shape index (κ2) is 6.99. The van der Waals surface area contributed by atoms with Crippen LogP contribution in [0, 0.1) is 0 Å². The van der Waals surface area contributed by atoms with E-state index in [-0.39, 0.29) is 10.8 Å². The highest BCUT2D eigenvalue weighted by molar-refractivity contribution is 7.92. The summed E-state index contributed by atoms with van der Waals surface area (Å²) in [5.41, 5.74) is 2.36. The number of hydrogen-bond donors (Lipinski definition) is 1. The van der Waals surface area contributed by atoms with Gasteiger partial charge < -0.3 is 0 Å². The number of nitrogens with zero attached hydrogens (tertiary/aromatic N) is 3. The van der Waals surface area contributed by atoms with Gasteiger partial charge in [0.15, 0.2) is 0 Å². The maximum absolute atomic E-state index is 12.6. The minimum atomic E-state index is -3.65. The van der Waals surface area contributed by atoms with Gasteiger partial charge in [-0.2, -0.15) is 0 Å². The molecule has 1 heterocycles. The molecule has 0 radical (unpaired) electrons. The molecule has 3 rings (SSSR count). The molecule has 1 amide bonds. The molecule has 0 aliphatic carbocycles. The van der Waals surface area contributed by atoms with Crippen LogP contribution in [0.25, 0.3) is 0 Å². The molecule has 9 heteroatoms. The molecule has 1 N–H and O–H groups in total. The molecule has 7 nitrogen and oxygen atoms in total. The van der Waals surface area contributed by atoms with Gasteiger partial charge in [0.2, 0.25) is 5.13 Å². The van der Waals surface area contributed by atoms with Gasteiger partial charge in [-0.3, -0.25) is 14.4 Å². The molecule has 0 spiro atoms.